The van der Waals surface area contributed by atoms with Gasteiger partial charge in [-0.2, -0.15) is 0 Å². The lowest BCUT2D eigenvalue weighted by atomic mass is 9.92. The van der Waals surface area contributed by atoms with Crippen molar-refractivity contribution in [3.05, 3.63) is 102 Å². The molecule has 1 aliphatic heterocycles. The summed E-state index contributed by atoms with van der Waals surface area (Å²) in [5, 5.41) is 0. The highest BCUT2D eigenvalue weighted by atomic mass is 31.0. The topological polar surface area (TPSA) is 25.2 Å². The van der Waals surface area contributed by atoms with E-state index in [0.717, 1.165) is 39.2 Å². The van der Waals surface area contributed by atoms with E-state index in [2.05, 4.69) is 39.8 Å². The predicted molar refractivity (Wildman–Crippen MR) is 136 cm³/mol. The normalized spacial score (nSPS) is 13.1. The summed E-state index contributed by atoms with van der Waals surface area (Å²) < 4.78 is 16.0. The Morgan fingerprint density at radius 1 is 0.909 bits per heavy atom. The zero-order chi connectivity index (χ0) is 23.1. The minimum atomic E-state index is -0.271. The number of carbonyl (C=O) groups is 1. The maximum atomic E-state index is 14.2. The molecule has 3 aromatic carbocycles. The number of fused-ring (bicyclic) bond motifs is 3. The maximum absolute atomic E-state index is 14.2. The van der Waals surface area contributed by atoms with Crippen LogP contribution in [0.5, 0.6) is 0 Å². The van der Waals surface area contributed by atoms with Gasteiger partial charge in [-0.25, -0.2) is 4.39 Å². The fraction of sp³-hybridized carbons (Fsp3) is 0.179. The number of anilines is 1. The van der Waals surface area contributed by atoms with Gasteiger partial charge < -0.3 is 9.47 Å². The largest absolute Gasteiger partial charge is 0.337 e. The molecule has 33 heavy (non-hydrogen) atoms. The molecule has 2 heterocycles. The van der Waals surface area contributed by atoms with Crippen molar-refractivity contribution in [2.45, 2.75) is 32.6 Å². The molecular formula is C28H26FN2OP. The molecule has 5 rings (SSSR count). The van der Waals surface area contributed by atoms with Crippen molar-refractivity contribution >= 4 is 20.8 Å². The fourth-order valence-corrected chi connectivity index (χ4v) is 5.30. The summed E-state index contributed by atoms with van der Waals surface area (Å²) in [5.41, 5.74) is 7.62. The van der Waals surface area contributed by atoms with Crippen molar-refractivity contribution in [2.24, 2.45) is 0 Å². The van der Waals surface area contributed by atoms with Crippen LogP contribution in [0.3, 0.4) is 0 Å². The first-order chi connectivity index (χ1) is 16.0. The van der Waals surface area contributed by atoms with Crippen LogP contribution >= 0.6 is 9.24 Å². The van der Waals surface area contributed by atoms with E-state index in [1.807, 2.05) is 59.5 Å². The molecule has 0 bridgehead atoms. The second-order valence-electron chi connectivity index (χ2n) is 8.60. The number of halogens is 1. The van der Waals surface area contributed by atoms with E-state index in [0.29, 0.717) is 18.4 Å². The van der Waals surface area contributed by atoms with Gasteiger partial charge in [-0.3, -0.25) is 4.79 Å². The van der Waals surface area contributed by atoms with Crippen LogP contribution in [0.1, 0.15) is 41.6 Å². The van der Waals surface area contributed by atoms with Crippen molar-refractivity contribution in [1.29, 1.82) is 0 Å². The molecule has 166 valence electrons. The second kappa shape index (κ2) is 8.61. The third-order valence-electron chi connectivity index (χ3n) is 6.28. The number of rotatable bonds is 4. The van der Waals surface area contributed by atoms with Gasteiger partial charge in [0.1, 0.15) is 11.5 Å². The lowest BCUT2D eigenvalue weighted by Crippen LogP contribution is -2.31. The second-order valence-corrected chi connectivity index (χ2v) is 9.01. The molecule has 0 spiro atoms. The Hall–Kier alpha value is -3.23. The molecule has 1 aliphatic rings. The van der Waals surface area contributed by atoms with Crippen molar-refractivity contribution in [3.8, 4) is 22.3 Å². The highest BCUT2D eigenvalue weighted by molar-refractivity contribution is 7.15. The molecule has 0 radical (unpaired) electrons. The summed E-state index contributed by atoms with van der Waals surface area (Å²) in [6.45, 7) is 4.70. The van der Waals surface area contributed by atoms with Crippen LogP contribution in [0.15, 0.2) is 78.9 Å². The summed E-state index contributed by atoms with van der Waals surface area (Å²) in [4.78, 5) is 16.1. The van der Waals surface area contributed by atoms with Gasteiger partial charge in [0, 0.05) is 34.7 Å². The standard InChI is InChI=1S/C28H26FN2OP/c1-18(2)31-24(17-33)25(19-12-14-21(29)15-13-19)26-23-11-7-6-8-20(23)16-30(28(32)27(26)31)22-9-4-3-5-10-22/h3-15,18H,16-17,33H2,1-2H3. The molecule has 0 saturated heterocycles. The van der Waals surface area contributed by atoms with Crippen LogP contribution in [-0.4, -0.2) is 10.5 Å². The number of para-hydroxylation sites is 1. The average molecular weight is 457 g/mol. The Morgan fingerprint density at radius 2 is 1.58 bits per heavy atom. The Labute approximate surface area is 196 Å². The van der Waals surface area contributed by atoms with Crippen LogP contribution in [0.25, 0.3) is 22.3 Å². The van der Waals surface area contributed by atoms with Gasteiger partial charge in [-0.1, -0.05) is 54.6 Å². The summed E-state index contributed by atoms with van der Waals surface area (Å²) in [6.07, 6.45) is 0.679. The zero-order valence-corrected chi connectivity index (χ0v) is 19.9. The number of carbonyl (C=O) groups excluding carboxylic acids is 1. The first kappa shape index (κ1) is 21.6. The minimum absolute atomic E-state index is 0.0193. The molecule has 1 unspecified atom stereocenters. The molecule has 0 N–H and O–H groups in total. The van der Waals surface area contributed by atoms with Crippen LogP contribution in [0, 0.1) is 5.82 Å². The van der Waals surface area contributed by atoms with Crippen LogP contribution in [-0.2, 0) is 12.7 Å². The molecule has 4 aromatic rings. The molecule has 0 aliphatic carbocycles. The smallest absolute Gasteiger partial charge is 0.275 e. The highest BCUT2D eigenvalue weighted by Gasteiger charge is 2.35. The van der Waals surface area contributed by atoms with Crippen molar-refractivity contribution in [3.63, 3.8) is 0 Å². The molecule has 0 saturated carbocycles. The summed E-state index contributed by atoms with van der Waals surface area (Å²) in [5.74, 6) is -0.290. The first-order valence-corrected chi connectivity index (χ1v) is 12.0. The Balaban J connectivity index is 1.89. The molecule has 5 heteroatoms. The van der Waals surface area contributed by atoms with Gasteiger partial charge in [-0.05, 0) is 54.8 Å². The number of amides is 1. The molecular weight excluding hydrogens is 430 g/mol. The van der Waals surface area contributed by atoms with Crippen molar-refractivity contribution < 1.29 is 9.18 Å². The van der Waals surface area contributed by atoms with Gasteiger partial charge in [0.15, 0.2) is 0 Å². The molecule has 1 amide bonds. The molecule has 1 atom stereocenters. The number of nitrogens with zero attached hydrogens (tertiary/aromatic N) is 2. The lowest BCUT2D eigenvalue weighted by molar-refractivity contribution is 0.0976. The third kappa shape index (κ3) is 3.59. The number of hydrogen-bond acceptors (Lipinski definition) is 1. The highest BCUT2D eigenvalue weighted by Crippen LogP contribution is 2.46. The lowest BCUT2D eigenvalue weighted by Gasteiger charge is -2.24. The zero-order valence-electron chi connectivity index (χ0n) is 18.8. The van der Waals surface area contributed by atoms with Gasteiger partial charge in [0.25, 0.3) is 5.91 Å². The van der Waals surface area contributed by atoms with E-state index in [-0.39, 0.29) is 17.8 Å². The van der Waals surface area contributed by atoms with E-state index in [9.17, 15) is 9.18 Å². The fourth-order valence-electron chi connectivity index (χ4n) is 4.90. The van der Waals surface area contributed by atoms with Crippen LogP contribution in [0.4, 0.5) is 10.1 Å². The van der Waals surface area contributed by atoms with E-state index in [4.69, 9.17) is 0 Å². The molecule has 0 fully saturated rings. The third-order valence-corrected chi connectivity index (χ3v) is 6.67. The summed E-state index contributed by atoms with van der Waals surface area (Å²) >= 11 is 0. The Kier molecular flexibility index (Phi) is 5.64. The van der Waals surface area contributed by atoms with Crippen molar-refractivity contribution in [2.75, 3.05) is 4.90 Å². The predicted octanol–water partition coefficient (Wildman–Crippen LogP) is 7.08. The summed E-state index contributed by atoms with van der Waals surface area (Å²) in [6, 6.07) is 24.7. The number of benzene rings is 3. The minimum Gasteiger partial charge on any atom is -0.337 e. The first-order valence-electron chi connectivity index (χ1n) is 11.2. The van der Waals surface area contributed by atoms with Crippen LogP contribution in [0.2, 0.25) is 0 Å². The van der Waals surface area contributed by atoms with Gasteiger partial charge >= 0.3 is 0 Å². The Morgan fingerprint density at radius 3 is 2.24 bits per heavy atom. The average Bonchev–Trinajstić information content (AvgIpc) is 3.12. The van der Waals surface area contributed by atoms with Gasteiger partial charge in [-0.15, -0.1) is 9.24 Å². The van der Waals surface area contributed by atoms with Gasteiger partial charge in [0.05, 0.1) is 6.54 Å². The monoisotopic (exact) mass is 456 g/mol. The van der Waals surface area contributed by atoms with Gasteiger partial charge in [0.2, 0.25) is 0 Å². The molecule has 3 nitrogen and oxygen atoms in total. The van der Waals surface area contributed by atoms with E-state index in [1.165, 1.54) is 12.1 Å². The maximum Gasteiger partial charge on any atom is 0.275 e. The van der Waals surface area contributed by atoms with Crippen LogP contribution < -0.4 is 4.90 Å². The number of hydrogen-bond donors (Lipinski definition) is 0. The van der Waals surface area contributed by atoms with E-state index >= 15 is 0 Å². The SMILES string of the molecule is CC(C)n1c(CP)c(-c2ccc(F)cc2)c2c1C(=O)N(c1ccccc1)Cc1ccccc1-2. The number of aromatic nitrogens is 1. The van der Waals surface area contributed by atoms with Crippen molar-refractivity contribution in [1.82, 2.24) is 4.57 Å². The Bertz CT molecular complexity index is 1330. The van der Waals surface area contributed by atoms with E-state index in [1.54, 1.807) is 0 Å². The quantitative estimate of drug-likeness (QED) is 0.301. The van der Waals surface area contributed by atoms with E-state index < -0.39 is 0 Å². The molecule has 1 aromatic heterocycles. The summed E-state index contributed by atoms with van der Waals surface area (Å²) in [7, 11) is 2.81.